The number of carbonyl (C=O) groups is 3. The Hall–Kier alpha value is -3.51. The maximum Gasteiger partial charge on any atom is 0.338 e. The Labute approximate surface area is 167 Å². The van der Waals surface area contributed by atoms with Gasteiger partial charge < -0.3 is 9.64 Å². The molecule has 29 heavy (non-hydrogen) atoms. The van der Waals surface area contributed by atoms with E-state index in [1.54, 1.807) is 6.07 Å². The van der Waals surface area contributed by atoms with Gasteiger partial charge in [-0.05, 0) is 30.3 Å². The number of ketones is 1. The van der Waals surface area contributed by atoms with Crippen LogP contribution in [-0.4, -0.2) is 51.2 Å². The summed E-state index contributed by atoms with van der Waals surface area (Å²) in [4.78, 5) is 37.7. The lowest BCUT2D eigenvalue weighted by Crippen LogP contribution is -2.32. The maximum atomic E-state index is 12.9. The maximum absolute atomic E-state index is 12.9. The van der Waals surface area contributed by atoms with Gasteiger partial charge in [-0.3, -0.25) is 9.59 Å². The summed E-state index contributed by atoms with van der Waals surface area (Å²) in [6.07, 6.45) is 0.147. The Morgan fingerprint density at radius 2 is 1.79 bits per heavy atom. The van der Waals surface area contributed by atoms with Crippen LogP contribution in [0.3, 0.4) is 0 Å². The molecule has 1 amide bonds. The molecular formula is C20H16N2O6S. The highest BCUT2D eigenvalue weighted by molar-refractivity contribution is 7.91. The number of likely N-dealkylation sites (N-methyl/N-ethyl adjacent to an activating group) is 1. The van der Waals surface area contributed by atoms with E-state index in [0.29, 0.717) is 0 Å². The van der Waals surface area contributed by atoms with Crippen molar-refractivity contribution in [2.75, 3.05) is 20.2 Å². The number of esters is 1. The van der Waals surface area contributed by atoms with Crippen LogP contribution in [0.15, 0.2) is 52.3 Å². The van der Waals surface area contributed by atoms with Gasteiger partial charge in [0.25, 0.3) is 5.91 Å². The second-order valence-electron chi connectivity index (χ2n) is 6.34. The highest BCUT2D eigenvalue weighted by Gasteiger charge is 2.35. The lowest BCUT2D eigenvalue weighted by atomic mass is 10.0. The molecule has 9 heteroatoms. The number of hydrogen-bond donors (Lipinski definition) is 0. The molecule has 0 atom stereocenters. The summed E-state index contributed by atoms with van der Waals surface area (Å²) in [6.45, 7) is -0.349. The summed E-state index contributed by atoms with van der Waals surface area (Å²) in [7, 11) is -2.51. The van der Waals surface area contributed by atoms with Gasteiger partial charge in [-0.25, -0.2) is 13.2 Å². The number of nitriles is 1. The quantitative estimate of drug-likeness (QED) is 0.583. The third-order valence-corrected chi connectivity index (χ3v) is 6.34. The zero-order valence-electron chi connectivity index (χ0n) is 15.4. The number of fused-ring (bicyclic) bond motifs is 2. The van der Waals surface area contributed by atoms with Gasteiger partial charge in [-0.2, -0.15) is 5.26 Å². The molecule has 0 radical (unpaired) electrons. The largest absolute Gasteiger partial charge is 0.452 e. The standard InChI is InChI=1S/C20H16N2O6S/c1-22(10-4-9-21)18(23)12-28-20(25)13-7-8-15-17(11-13)29(26,27)16-6-3-2-5-14(16)19(15)24/h2-3,5-8,11H,4,10,12H2,1H3. The smallest absolute Gasteiger partial charge is 0.338 e. The van der Waals surface area contributed by atoms with E-state index >= 15 is 0 Å². The van der Waals surface area contributed by atoms with Gasteiger partial charge in [0, 0.05) is 24.7 Å². The molecule has 148 valence electrons. The van der Waals surface area contributed by atoms with E-state index in [0.717, 1.165) is 6.07 Å². The van der Waals surface area contributed by atoms with E-state index in [1.165, 1.54) is 42.3 Å². The van der Waals surface area contributed by atoms with Gasteiger partial charge in [0.1, 0.15) is 0 Å². The molecule has 8 nitrogen and oxygen atoms in total. The minimum absolute atomic E-state index is 0.0208. The summed E-state index contributed by atoms with van der Waals surface area (Å²) in [5, 5.41) is 8.54. The predicted octanol–water partition coefficient (Wildman–Crippen LogP) is 1.59. The first-order valence-corrected chi connectivity index (χ1v) is 10.1. The molecule has 0 saturated carbocycles. The zero-order valence-corrected chi connectivity index (χ0v) is 16.2. The van der Waals surface area contributed by atoms with E-state index in [1.807, 2.05) is 6.07 Å². The van der Waals surface area contributed by atoms with Crippen LogP contribution >= 0.6 is 0 Å². The highest BCUT2D eigenvalue weighted by Crippen LogP contribution is 2.34. The number of amides is 1. The lowest BCUT2D eigenvalue weighted by Gasteiger charge is -2.19. The molecule has 0 aliphatic carbocycles. The van der Waals surface area contributed by atoms with E-state index in [-0.39, 0.29) is 39.4 Å². The number of benzene rings is 2. The number of hydrogen-bond acceptors (Lipinski definition) is 7. The third-order valence-electron chi connectivity index (χ3n) is 4.48. The average Bonchev–Trinajstić information content (AvgIpc) is 2.73. The second-order valence-corrected chi connectivity index (χ2v) is 8.23. The summed E-state index contributed by atoms with van der Waals surface area (Å²) in [5.41, 5.74) is -0.0270. The number of rotatable bonds is 5. The molecule has 3 rings (SSSR count). The Morgan fingerprint density at radius 3 is 2.52 bits per heavy atom. The summed E-state index contributed by atoms with van der Waals surface area (Å²) in [6, 6.07) is 11.4. The van der Waals surface area contributed by atoms with E-state index in [9.17, 15) is 22.8 Å². The van der Waals surface area contributed by atoms with Crippen LogP contribution in [-0.2, 0) is 19.4 Å². The van der Waals surface area contributed by atoms with Crippen LogP contribution in [0.2, 0.25) is 0 Å². The number of ether oxygens (including phenoxy) is 1. The topological polar surface area (TPSA) is 122 Å². The molecule has 1 aliphatic heterocycles. The lowest BCUT2D eigenvalue weighted by molar-refractivity contribution is -0.133. The molecule has 1 heterocycles. The predicted molar refractivity (Wildman–Crippen MR) is 99.9 cm³/mol. The molecule has 1 aliphatic rings. The van der Waals surface area contributed by atoms with Crippen LogP contribution in [0.5, 0.6) is 0 Å². The third kappa shape index (κ3) is 3.75. The van der Waals surface area contributed by atoms with Gasteiger partial charge in [-0.15, -0.1) is 0 Å². The van der Waals surface area contributed by atoms with Crippen LogP contribution in [0.4, 0.5) is 0 Å². The van der Waals surface area contributed by atoms with Gasteiger partial charge >= 0.3 is 5.97 Å². The number of nitrogens with zero attached hydrogens (tertiary/aromatic N) is 2. The molecule has 0 bridgehead atoms. The zero-order chi connectivity index (χ0) is 21.2. The van der Waals surface area contributed by atoms with Gasteiger partial charge in [0.15, 0.2) is 12.4 Å². The minimum Gasteiger partial charge on any atom is -0.452 e. The fourth-order valence-corrected chi connectivity index (χ4v) is 4.55. The van der Waals surface area contributed by atoms with Crippen molar-refractivity contribution in [3.63, 3.8) is 0 Å². The van der Waals surface area contributed by atoms with Crippen LogP contribution in [0.25, 0.3) is 0 Å². The summed E-state index contributed by atoms with van der Waals surface area (Å²) in [5.74, 6) is -1.83. The number of sulfone groups is 1. The fraction of sp³-hybridized carbons (Fsp3) is 0.200. The average molecular weight is 412 g/mol. The van der Waals surface area contributed by atoms with Crippen molar-refractivity contribution in [2.45, 2.75) is 16.2 Å². The molecule has 0 N–H and O–H groups in total. The number of carbonyl (C=O) groups excluding carboxylic acids is 3. The molecule has 2 aromatic carbocycles. The minimum atomic E-state index is -3.98. The molecule has 0 spiro atoms. The Balaban J connectivity index is 1.83. The molecule has 0 aromatic heterocycles. The van der Waals surface area contributed by atoms with Crippen LogP contribution in [0, 0.1) is 11.3 Å². The van der Waals surface area contributed by atoms with Crippen molar-refractivity contribution in [3.8, 4) is 6.07 Å². The van der Waals surface area contributed by atoms with Crippen molar-refractivity contribution in [1.82, 2.24) is 4.90 Å². The van der Waals surface area contributed by atoms with Gasteiger partial charge in [0.05, 0.1) is 27.8 Å². The summed E-state index contributed by atoms with van der Waals surface area (Å²) < 4.78 is 30.7. The Morgan fingerprint density at radius 1 is 1.10 bits per heavy atom. The van der Waals surface area contributed by atoms with Crippen molar-refractivity contribution >= 4 is 27.5 Å². The van der Waals surface area contributed by atoms with E-state index < -0.39 is 34.1 Å². The van der Waals surface area contributed by atoms with E-state index in [4.69, 9.17) is 10.00 Å². The van der Waals surface area contributed by atoms with Gasteiger partial charge in [0.2, 0.25) is 9.84 Å². The first-order chi connectivity index (χ1) is 13.8. The first-order valence-electron chi connectivity index (χ1n) is 8.58. The first kappa shape index (κ1) is 20.2. The molecule has 2 aromatic rings. The SMILES string of the molecule is CN(CCC#N)C(=O)COC(=O)c1ccc2c(c1)S(=O)(=O)c1ccccc1C2=O. The van der Waals surface area contributed by atoms with Crippen molar-refractivity contribution in [1.29, 1.82) is 5.26 Å². The monoisotopic (exact) mass is 412 g/mol. The molecule has 0 fully saturated rings. The van der Waals surface area contributed by atoms with Crippen LogP contribution in [0.1, 0.15) is 32.7 Å². The molecule has 0 saturated heterocycles. The van der Waals surface area contributed by atoms with Crippen LogP contribution < -0.4 is 0 Å². The highest BCUT2D eigenvalue weighted by atomic mass is 32.2. The fourth-order valence-electron chi connectivity index (χ4n) is 2.87. The molecule has 0 unspecified atom stereocenters. The van der Waals surface area contributed by atoms with Crippen molar-refractivity contribution in [3.05, 3.63) is 59.2 Å². The normalized spacial score (nSPS) is 13.6. The van der Waals surface area contributed by atoms with Crippen molar-refractivity contribution < 1.29 is 27.5 Å². The summed E-state index contributed by atoms with van der Waals surface area (Å²) >= 11 is 0. The molecular weight excluding hydrogens is 396 g/mol. The van der Waals surface area contributed by atoms with Gasteiger partial charge in [-0.1, -0.05) is 12.1 Å². The van der Waals surface area contributed by atoms with E-state index in [2.05, 4.69) is 0 Å². The Bertz CT molecular complexity index is 1160. The Kier molecular flexibility index (Phi) is 5.48. The second kappa shape index (κ2) is 7.85. The van der Waals surface area contributed by atoms with Crippen molar-refractivity contribution in [2.24, 2.45) is 0 Å².